The van der Waals surface area contributed by atoms with Gasteiger partial charge in [0.15, 0.2) is 0 Å². The summed E-state index contributed by atoms with van der Waals surface area (Å²) in [6.07, 6.45) is 1.10. The van der Waals surface area contributed by atoms with Crippen LogP contribution < -0.4 is 11.1 Å². The van der Waals surface area contributed by atoms with E-state index in [0.29, 0.717) is 26.1 Å². The lowest BCUT2D eigenvalue weighted by Gasteiger charge is -2.17. The standard InChI is InChI=1S/C14H17IN2O3/c15-11-3-1-9(2-4-11)7-12(13(16)18)17-14(19)10-5-6-20-8-10/h1-4,10,12H,5-8H2,(H2,16,18)(H,17,19)/t10-,12+/m1/s1. The van der Waals surface area contributed by atoms with Crippen molar-refractivity contribution in [3.63, 3.8) is 0 Å². The van der Waals surface area contributed by atoms with Crippen LogP contribution >= 0.6 is 22.6 Å². The molecule has 1 aromatic carbocycles. The van der Waals surface area contributed by atoms with Crippen molar-refractivity contribution < 1.29 is 14.3 Å². The highest BCUT2D eigenvalue weighted by atomic mass is 127. The number of hydrogen-bond donors (Lipinski definition) is 2. The second-order valence-corrected chi connectivity index (χ2v) is 6.10. The number of ether oxygens (including phenoxy) is 1. The molecule has 2 rings (SSSR count). The van der Waals surface area contributed by atoms with E-state index in [4.69, 9.17) is 10.5 Å². The number of carbonyl (C=O) groups is 2. The molecule has 2 atom stereocenters. The zero-order valence-corrected chi connectivity index (χ0v) is 13.1. The minimum Gasteiger partial charge on any atom is -0.381 e. The highest BCUT2D eigenvalue weighted by Gasteiger charge is 2.27. The number of nitrogens with one attached hydrogen (secondary N) is 1. The number of primary amides is 1. The van der Waals surface area contributed by atoms with E-state index in [1.54, 1.807) is 0 Å². The molecule has 5 nitrogen and oxygen atoms in total. The lowest BCUT2D eigenvalue weighted by atomic mass is 10.0. The zero-order valence-electron chi connectivity index (χ0n) is 11.0. The minimum atomic E-state index is -0.678. The summed E-state index contributed by atoms with van der Waals surface area (Å²) in [5.41, 5.74) is 6.34. The van der Waals surface area contributed by atoms with E-state index < -0.39 is 11.9 Å². The van der Waals surface area contributed by atoms with Crippen molar-refractivity contribution in [1.29, 1.82) is 0 Å². The van der Waals surface area contributed by atoms with E-state index in [0.717, 1.165) is 9.13 Å². The van der Waals surface area contributed by atoms with Crippen molar-refractivity contribution in [2.45, 2.75) is 18.9 Å². The Bertz CT molecular complexity index is 484. The molecule has 2 amide bonds. The van der Waals surface area contributed by atoms with Gasteiger partial charge in [0.25, 0.3) is 0 Å². The number of hydrogen-bond acceptors (Lipinski definition) is 3. The Hall–Kier alpha value is -1.15. The first-order chi connectivity index (χ1) is 9.56. The topological polar surface area (TPSA) is 81.4 Å². The number of rotatable bonds is 5. The zero-order chi connectivity index (χ0) is 14.5. The molecule has 1 heterocycles. The van der Waals surface area contributed by atoms with Crippen molar-refractivity contribution >= 4 is 34.4 Å². The van der Waals surface area contributed by atoms with Gasteiger partial charge in [0.05, 0.1) is 12.5 Å². The van der Waals surface area contributed by atoms with Crippen molar-refractivity contribution in [3.05, 3.63) is 33.4 Å². The molecule has 108 valence electrons. The predicted octanol–water partition coefficient (Wildman–Crippen LogP) is 0.840. The van der Waals surface area contributed by atoms with Crippen molar-refractivity contribution in [2.75, 3.05) is 13.2 Å². The molecule has 0 unspecified atom stereocenters. The van der Waals surface area contributed by atoms with Crippen LogP contribution in [0.15, 0.2) is 24.3 Å². The van der Waals surface area contributed by atoms with E-state index in [1.165, 1.54) is 0 Å². The molecule has 0 bridgehead atoms. The van der Waals surface area contributed by atoms with E-state index in [2.05, 4.69) is 27.9 Å². The molecule has 1 aromatic rings. The number of benzene rings is 1. The Morgan fingerprint density at radius 3 is 2.65 bits per heavy atom. The molecule has 20 heavy (non-hydrogen) atoms. The van der Waals surface area contributed by atoms with Gasteiger partial charge < -0.3 is 15.8 Å². The quantitative estimate of drug-likeness (QED) is 0.734. The summed E-state index contributed by atoms with van der Waals surface area (Å²) in [4.78, 5) is 23.5. The monoisotopic (exact) mass is 388 g/mol. The van der Waals surface area contributed by atoms with Gasteiger partial charge in [-0.2, -0.15) is 0 Å². The third-order valence-corrected chi connectivity index (χ3v) is 4.03. The van der Waals surface area contributed by atoms with Gasteiger partial charge in [-0.1, -0.05) is 12.1 Å². The van der Waals surface area contributed by atoms with Crippen molar-refractivity contribution in [1.82, 2.24) is 5.32 Å². The van der Waals surface area contributed by atoms with Crippen LogP contribution in [0, 0.1) is 9.49 Å². The molecule has 0 saturated carbocycles. The summed E-state index contributed by atoms with van der Waals surface area (Å²) < 4.78 is 6.29. The second kappa shape index (κ2) is 7.03. The molecule has 0 aliphatic carbocycles. The average Bonchev–Trinajstić information content (AvgIpc) is 2.94. The van der Waals surface area contributed by atoms with Gasteiger partial charge in [0, 0.05) is 16.6 Å². The Kier molecular flexibility index (Phi) is 5.36. The fraction of sp³-hybridized carbons (Fsp3) is 0.429. The maximum Gasteiger partial charge on any atom is 0.240 e. The van der Waals surface area contributed by atoms with Gasteiger partial charge >= 0.3 is 0 Å². The lowest BCUT2D eigenvalue weighted by molar-refractivity contribution is -0.129. The number of nitrogens with two attached hydrogens (primary N) is 1. The van der Waals surface area contributed by atoms with Crippen LogP contribution in [-0.2, 0) is 20.7 Å². The summed E-state index contributed by atoms with van der Waals surface area (Å²) in [6.45, 7) is 1.01. The van der Waals surface area contributed by atoms with Crippen LogP contribution in [0.5, 0.6) is 0 Å². The van der Waals surface area contributed by atoms with E-state index >= 15 is 0 Å². The summed E-state index contributed by atoms with van der Waals surface area (Å²) in [5.74, 6) is -0.846. The minimum absolute atomic E-state index is 0.156. The highest BCUT2D eigenvalue weighted by Crippen LogP contribution is 2.13. The third-order valence-electron chi connectivity index (χ3n) is 3.31. The largest absolute Gasteiger partial charge is 0.381 e. The Labute approximate surface area is 131 Å². The van der Waals surface area contributed by atoms with Gasteiger partial charge in [0.2, 0.25) is 11.8 Å². The first kappa shape index (κ1) is 15.2. The fourth-order valence-corrected chi connectivity index (χ4v) is 2.47. The molecule has 1 aliphatic heterocycles. The normalized spacial score (nSPS) is 19.6. The van der Waals surface area contributed by atoms with Gasteiger partial charge in [-0.05, 0) is 46.7 Å². The second-order valence-electron chi connectivity index (χ2n) is 4.85. The van der Waals surface area contributed by atoms with E-state index in [9.17, 15) is 9.59 Å². The SMILES string of the molecule is NC(=O)[C@H](Cc1ccc(I)cc1)NC(=O)[C@@H]1CCOC1. The van der Waals surface area contributed by atoms with Gasteiger partial charge in [0.1, 0.15) is 6.04 Å². The summed E-state index contributed by atoms with van der Waals surface area (Å²) in [6, 6.07) is 7.11. The number of carbonyl (C=O) groups excluding carboxylic acids is 2. The molecule has 1 fully saturated rings. The smallest absolute Gasteiger partial charge is 0.240 e. The molecule has 3 N–H and O–H groups in total. The maximum atomic E-state index is 12.0. The van der Waals surface area contributed by atoms with Crippen molar-refractivity contribution in [2.24, 2.45) is 11.7 Å². The van der Waals surface area contributed by atoms with E-state index in [1.807, 2.05) is 24.3 Å². The summed E-state index contributed by atoms with van der Waals surface area (Å²) in [5, 5.41) is 2.73. The molecule has 1 aliphatic rings. The lowest BCUT2D eigenvalue weighted by Crippen LogP contribution is -2.48. The number of halogens is 1. The van der Waals surface area contributed by atoms with Crippen LogP contribution in [-0.4, -0.2) is 31.1 Å². The molecule has 0 spiro atoms. The Balaban J connectivity index is 1.98. The van der Waals surface area contributed by atoms with Crippen LogP contribution in [0.2, 0.25) is 0 Å². The Morgan fingerprint density at radius 2 is 2.10 bits per heavy atom. The van der Waals surface area contributed by atoms with Gasteiger partial charge in [-0.25, -0.2) is 0 Å². The molecule has 1 saturated heterocycles. The van der Waals surface area contributed by atoms with Crippen LogP contribution in [0.25, 0.3) is 0 Å². The van der Waals surface area contributed by atoms with Crippen LogP contribution in [0.1, 0.15) is 12.0 Å². The van der Waals surface area contributed by atoms with Crippen LogP contribution in [0.4, 0.5) is 0 Å². The summed E-state index contributed by atoms with van der Waals surface area (Å²) in [7, 11) is 0. The first-order valence-corrected chi connectivity index (χ1v) is 7.56. The van der Waals surface area contributed by atoms with Gasteiger partial charge in [-0.15, -0.1) is 0 Å². The molecule has 0 radical (unpaired) electrons. The average molecular weight is 388 g/mol. The van der Waals surface area contributed by atoms with E-state index in [-0.39, 0.29) is 11.8 Å². The molecular formula is C14H17IN2O3. The number of amides is 2. The predicted molar refractivity (Wildman–Crippen MR) is 82.9 cm³/mol. The first-order valence-electron chi connectivity index (χ1n) is 6.48. The Morgan fingerprint density at radius 1 is 1.40 bits per heavy atom. The summed E-state index contributed by atoms with van der Waals surface area (Å²) >= 11 is 2.21. The maximum absolute atomic E-state index is 12.0. The van der Waals surface area contributed by atoms with Gasteiger partial charge in [-0.3, -0.25) is 9.59 Å². The molecule has 6 heteroatoms. The van der Waals surface area contributed by atoms with Crippen molar-refractivity contribution in [3.8, 4) is 0 Å². The van der Waals surface area contributed by atoms with Crippen LogP contribution in [0.3, 0.4) is 0 Å². The molecular weight excluding hydrogens is 371 g/mol. The molecule has 0 aromatic heterocycles. The highest BCUT2D eigenvalue weighted by molar-refractivity contribution is 14.1. The third kappa shape index (κ3) is 4.17. The fourth-order valence-electron chi connectivity index (χ4n) is 2.11.